The Balaban J connectivity index is 2.25. The highest BCUT2D eigenvalue weighted by Gasteiger charge is 2.04. The molecule has 0 saturated heterocycles. The molecule has 5 nitrogen and oxygen atoms in total. The Morgan fingerprint density at radius 1 is 1.29 bits per heavy atom. The van der Waals surface area contributed by atoms with Gasteiger partial charge in [-0.2, -0.15) is 0 Å². The number of rotatable bonds is 6. The minimum absolute atomic E-state index is 0.174. The molecule has 1 rings (SSSR count). The predicted molar refractivity (Wildman–Crippen MR) is 58.7 cm³/mol. The molecule has 0 heterocycles. The summed E-state index contributed by atoms with van der Waals surface area (Å²) in [5.41, 5.74) is 5.22. The van der Waals surface area contributed by atoms with Crippen molar-refractivity contribution in [1.29, 1.82) is 0 Å². The Bertz CT molecular complexity index is 392. The lowest BCUT2D eigenvalue weighted by Gasteiger charge is -2.05. The van der Waals surface area contributed by atoms with E-state index in [0.29, 0.717) is 5.56 Å². The molecular formula is C11H13FN2O3. The van der Waals surface area contributed by atoms with Crippen molar-refractivity contribution in [3.05, 3.63) is 35.6 Å². The molecule has 0 saturated carbocycles. The molecule has 0 aliphatic carbocycles. The zero-order chi connectivity index (χ0) is 12.7. The van der Waals surface area contributed by atoms with Gasteiger partial charge < -0.3 is 15.8 Å². The van der Waals surface area contributed by atoms with Crippen LogP contribution in [0.4, 0.5) is 4.39 Å². The predicted octanol–water partition coefficient (Wildman–Crippen LogP) is 0.0574. The third-order valence-corrected chi connectivity index (χ3v) is 1.88. The van der Waals surface area contributed by atoms with Crippen LogP contribution in [-0.4, -0.2) is 31.6 Å². The molecule has 1 aromatic carbocycles. The molecule has 92 valence electrons. The molecule has 0 spiro atoms. The summed E-state index contributed by atoms with van der Waals surface area (Å²) in [5.74, 6) is -1.28. The fourth-order valence-electron chi connectivity index (χ4n) is 1.11. The summed E-state index contributed by atoms with van der Waals surface area (Å²) in [4.78, 5) is 21.8. The van der Waals surface area contributed by atoms with Crippen LogP contribution in [0.25, 0.3) is 0 Å². The van der Waals surface area contributed by atoms with E-state index in [4.69, 9.17) is 10.5 Å². The monoisotopic (exact) mass is 240 g/mol. The molecule has 17 heavy (non-hydrogen) atoms. The third kappa shape index (κ3) is 5.07. The standard InChI is InChI=1S/C11H13FN2O3/c12-9-3-1-8(2-4-9)11(16)14-5-6-17-7-10(13)15/h1-4H,5-7H2,(H2,13,15)(H,14,16). The molecule has 0 fully saturated rings. The fraction of sp³-hybridized carbons (Fsp3) is 0.273. The minimum Gasteiger partial charge on any atom is -0.370 e. The van der Waals surface area contributed by atoms with Gasteiger partial charge in [0.05, 0.1) is 6.61 Å². The summed E-state index contributed by atoms with van der Waals surface area (Å²) >= 11 is 0. The van der Waals surface area contributed by atoms with Crippen LogP contribution in [0.2, 0.25) is 0 Å². The van der Waals surface area contributed by atoms with Gasteiger partial charge in [-0.05, 0) is 24.3 Å². The summed E-state index contributed by atoms with van der Waals surface area (Å²) in [7, 11) is 0. The van der Waals surface area contributed by atoms with Crippen molar-refractivity contribution >= 4 is 11.8 Å². The maximum Gasteiger partial charge on any atom is 0.251 e. The van der Waals surface area contributed by atoms with Crippen LogP contribution in [-0.2, 0) is 9.53 Å². The first-order valence-electron chi connectivity index (χ1n) is 4.99. The van der Waals surface area contributed by atoms with Crippen LogP contribution >= 0.6 is 0 Å². The van der Waals surface area contributed by atoms with Gasteiger partial charge in [-0.25, -0.2) is 4.39 Å². The number of nitrogens with two attached hydrogens (primary N) is 1. The Kier molecular flexibility index (Phi) is 5.09. The topological polar surface area (TPSA) is 81.4 Å². The van der Waals surface area contributed by atoms with E-state index in [2.05, 4.69) is 5.32 Å². The Labute approximate surface area is 97.7 Å². The van der Waals surface area contributed by atoms with Gasteiger partial charge in [0.25, 0.3) is 5.91 Å². The minimum atomic E-state index is -0.560. The van der Waals surface area contributed by atoms with Crippen molar-refractivity contribution in [2.75, 3.05) is 19.8 Å². The van der Waals surface area contributed by atoms with Gasteiger partial charge in [0.1, 0.15) is 12.4 Å². The largest absolute Gasteiger partial charge is 0.370 e. The van der Waals surface area contributed by atoms with Crippen LogP contribution in [0.1, 0.15) is 10.4 Å². The van der Waals surface area contributed by atoms with Crippen LogP contribution < -0.4 is 11.1 Å². The molecule has 0 unspecified atom stereocenters. The number of hydrogen-bond acceptors (Lipinski definition) is 3. The maximum atomic E-state index is 12.6. The Morgan fingerprint density at radius 2 is 1.94 bits per heavy atom. The number of carbonyl (C=O) groups is 2. The molecule has 0 atom stereocenters. The highest BCUT2D eigenvalue weighted by Crippen LogP contribution is 2.01. The molecule has 0 aliphatic rings. The lowest BCUT2D eigenvalue weighted by Crippen LogP contribution is -2.28. The van der Waals surface area contributed by atoms with Gasteiger partial charge in [-0.15, -0.1) is 0 Å². The van der Waals surface area contributed by atoms with Crippen molar-refractivity contribution in [2.24, 2.45) is 5.73 Å². The average Bonchev–Trinajstić information content (AvgIpc) is 2.29. The second-order valence-corrected chi connectivity index (χ2v) is 3.28. The molecule has 0 aromatic heterocycles. The van der Waals surface area contributed by atoms with Crippen LogP contribution in [0.5, 0.6) is 0 Å². The molecule has 1 aromatic rings. The van der Waals surface area contributed by atoms with Gasteiger partial charge in [0, 0.05) is 12.1 Å². The van der Waals surface area contributed by atoms with E-state index in [1.807, 2.05) is 0 Å². The fourth-order valence-corrected chi connectivity index (χ4v) is 1.11. The lowest BCUT2D eigenvalue weighted by atomic mass is 10.2. The van der Waals surface area contributed by atoms with Crippen LogP contribution in [0, 0.1) is 5.82 Å². The smallest absolute Gasteiger partial charge is 0.251 e. The highest BCUT2D eigenvalue weighted by molar-refractivity contribution is 5.94. The van der Waals surface area contributed by atoms with Crippen LogP contribution in [0.15, 0.2) is 24.3 Å². The van der Waals surface area contributed by atoms with Gasteiger partial charge in [0.2, 0.25) is 5.91 Å². The average molecular weight is 240 g/mol. The molecule has 0 aliphatic heterocycles. The molecule has 2 amide bonds. The molecule has 0 radical (unpaired) electrons. The number of hydrogen-bond donors (Lipinski definition) is 2. The second-order valence-electron chi connectivity index (χ2n) is 3.28. The van der Waals surface area contributed by atoms with E-state index < -0.39 is 11.7 Å². The summed E-state index contributed by atoms with van der Waals surface area (Å²) in [5, 5.41) is 2.55. The molecule has 0 bridgehead atoms. The maximum absolute atomic E-state index is 12.6. The van der Waals surface area contributed by atoms with E-state index in [-0.39, 0.29) is 25.7 Å². The number of amides is 2. The number of ether oxygens (including phenoxy) is 1. The molecule has 6 heteroatoms. The first kappa shape index (κ1) is 13.1. The first-order chi connectivity index (χ1) is 8.09. The number of nitrogens with one attached hydrogen (secondary N) is 1. The number of benzene rings is 1. The SMILES string of the molecule is NC(=O)COCCNC(=O)c1ccc(F)cc1. The second kappa shape index (κ2) is 6.59. The summed E-state index contributed by atoms with van der Waals surface area (Å²) in [6.07, 6.45) is 0. The molecule has 3 N–H and O–H groups in total. The third-order valence-electron chi connectivity index (χ3n) is 1.88. The lowest BCUT2D eigenvalue weighted by molar-refractivity contribution is -0.122. The summed E-state index contributed by atoms with van der Waals surface area (Å²) < 4.78 is 17.4. The highest BCUT2D eigenvalue weighted by atomic mass is 19.1. The van der Waals surface area contributed by atoms with Crippen molar-refractivity contribution in [2.45, 2.75) is 0 Å². The van der Waals surface area contributed by atoms with E-state index in [0.717, 1.165) is 0 Å². The summed E-state index contributed by atoms with van der Waals surface area (Å²) in [6.45, 7) is 0.270. The van der Waals surface area contributed by atoms with E-state index >= 15 is 0 Å². The van der Waals surface area contributed by atoms with Crippen molar-refractivity contribution < 1.29 is 18.7 Å². The van der Waals surface area contributed by atoms with Crippen molar-refractivity contribution in [3.63, 3.8) is 0 Å². The zero-order valence-electron chi connectivity index (χ0n) is 9.11. The van der Waals surface area contributed by atoms with Gasteiger partial charge in [-0.3, -0.25) is 9.59 Å². The number of primary amides is 1. The van der Waals surface area contributed by atoms with Gasteiger partial charge in [-0.1, -0.05) is 0 Å². The number of carbonyl (C=O) groups excluding carboxylic acids is 2. The Hall–Kier alpha value is -1.95. The van der Waals surface area contributed by atoms with Gasteiger partial charge >= 0.3 is 0 Å². The van der Waals surface area contributed by atoms with Crippen LogP contribution in [0.3, 0.4) is 0 Å². The first-order valence-corrected chi connectivity index (χ1v) is 4.99. The molecular weight excluding hydrogens is 227 g/mol. The Morgan fingerprint density at radius 3 is 2.53 bits per heavy atom. The van der Waals surface area contributed by atoms with Gasteiger partial charge in [0.15, 0.2) is 0 Å². The quantitative estimate of drug-likeness (QED) is 0.690. The van der Waals surface area contributed by atoms with E-state index in [1.165, 1.54) is 24.3 Å². The van der Waals surface area contributed by atoms with E-state index in [1.54, 1.807) is 0 Å². The zero-order valence-corrected chi connectivity index (χ0v) is 9.11. The van der Waals surface area contributed by atoms with E-state index in [9.17, 15) is 14.0 Å². The van der Waals surface area contributed by atoms with Crippen molar-refractivity contribution in [1.82, 2.24) is 5.32 Å². The normalized spacial score (nSPS) is 9.94. The van der Waals surface area contributed by atoms with Crippen molar-refractivity contribution in [3.8, 4) is 0 Å². The number of halogens is 1. The summed E-state index contributed by atoms with van der Waals surface area (Å²) in [6, 6.07) is 5.18.